The van der Waals surface area contributed by atoms with Crippen molar-refractivity contribution in [2.45, 2.75) is 64.0 Å². The van der Waals surface area contributed by atoms with Crippen LogP contribution < -0.4 is 4.90 Å². The summed E-state index contributed by atoms with van der Waals surface area (Å²) in [6.07, 6.45) is 12.2. The van der Waals surface area contributed by atoms with Gasteiger partial charge in [-0.15, -0.1) is 0 Å². The minimum Gasteiger partial charge on any atom is -0.376 e. The van der Waals surface area contributed by atoms with E-state index in [1.165, 1.54) is 36.9 Å². The number of hydrogen-bond donors (Lipinski definition) is 0. The minimum atomic E-state index is 0.352. The molecular formula is C22H30N4O. The number of allylic oxidation sites excluding steroid dienone is 3. The lowest BCUT2D eigenvalue weighted by atomic mass is 10.1. The molecule has 0 bridgehead atoms. The van der Waals surface area contributed by atoms with Crippen molar-refractivity contribution in [2.75, 3.05) is 25.1 Å². The molecule has 4 rings (SSSR count). The van der Waals surface area contributed by atoms with Gasteiger partial charge < -0.3 is 9.64 Å². The predicted molar refractivity (Wildman–Crippen MR) is 110 cm³/mol. The summed E-state index contributed by atoms with van der Waals surface area (Å²) in [5.74, 6) is 1.88. The van der Waals surface area contributed by atoms with Crippen LogP contribution in [-0.2, 0) is 17.6 Å². The van der Waals surface area contributed by atoms with Gasteiger partial charge in [0.15, 0.2) is 5.82 Å². The summed E-state index contributed by atoms with van der Waals surface area (Å²) in [6.45, 7) is 7.76. The highest BCUT2D eigenvalue weighted by molar-refractivity contribution is 6.06. The van der Waals surface area contributed by atoms with Gasteiger partial charge in [-0.3, -0.25) is 4.99 Å². The fourth-order valence-electron chi connectivity index (χ4n) is 4.62. The number of aromatic nitrogens is 2. The Morgan fingerprint density at radius 3 is 2.93 bits per heavy atom. The molecule has 1 aromatic rings. The van der Waals surface area contributed by atoms with Gasteiger partial charge in [-0.05, 0) is 63.5 Å². The number of anilines is 1. The molecule has 5 heteroatoms. The molecule has 5 nitrogen and oxygen atoms in total. The van der Waals surface area contributed by atoms with Crippen molar-refractivity contribution in [3.05, 3.63) is 41.4 Å². The van der Waals surface area contributed by atoms with E-state index in [2.05, 4.69) is 16.5 Å². The molecule has 1 saturated carbocycles. The first kappa shape index (κ1) is 18.4. The first-order valence-corrected chi connectivity index (χ1v) is 10.3. The number of ether oxygens (including phenoxy) is 1. The molecule has 1 aromatic heterocycles. The first-order chi connectivity index (χ1) is 13.2. The first-order valence-electron chi connectivity index (χ1n) is 10.3. The highest BCUT2D eigenvalue weighted by atomic mass is 16.5. The van der Waals surface area contributed by atoms with Crippen molar-refractivity contribution < 1.29 is 4.74 Å². The van der Waals surface area contributed by atoms with Gasteiger partial charge in [0.1, 0.15) is 11.5 Å². The highest BCUT2D eigenvalue weighted by Crippen LogP contribution is 2.36. The van der Waals surface area contributed by atoms with Crippen LogP contribution in [0, 0.1) is 0 Å². The van der Waals surface area contributed by atoms with E-state index >= 15 is 0 Å². The van der Waals surface area contributed by atoms with Crippen LogP contribution in [0.5, 0.6) is 0 Å². The SMILES string of the molecule is C=C/C(C)=C\C(=NC)c1nc2c(c(N3CCCOC4CCCC43)n1)CCC2. The second-order valence-corrected chi connectivity index (χ2v) is 7.81. The number of rotatable bonds is 4. The van der Waals surface area contributed by atoms with Crippen molar-refractivity contribution in [1.82, 2.24) is 9.97 Å². The van der Waals surface area contributed by atoms with E-state index in [9.17, 15) is 0 Å². The van der Waals surface area contributed by atoms with E-state index in [1.807, 2.05) is 26.1 Å². The maximum Gasteiger partial charge on any atom is 0.179 e. The Kier molecular flexibility index (Phi) is 5.39. The molecule has 0 amide bonds. The number of hydrogen-bond acceptors (Lipinski definition) is 5. The van der Waals surface area contributed by atoms with Gasteiger partial charge in [0.05, 0.1) is 12.1 Å². The molecule has 0 radical (unpaired) electrons. The van der Waals surface area contributed by atoms with E-state index in [1.54, 1.807) is 0 Å². The van der Waals surface area contributed by atoms with Gasteiger partial charge in [0, 0.05) is 31.5 Å². The molecule has 2 fully saturated rings. The molecule has 27 heavy (non-hydrogen) atoms. The number of aliphatic imine (C=N–C) groups is 1. The molecule has 2 heterocycles. The van der Waals surface area contributed by atoms with Crippen LogP contribution in [0.1, 0.15) is 56.1 Å². The molecule has 144 valence electrons. The quantitative estimate of drug-likeness (QED) is 0.603. The van der Waals surface area contributed by atoms with E-state index in [0.29, 0.717) is 12.1 Å². The average Bonchev–Trinajstić information content (AvgIpc) is 3.31. The molecule has 1 saturated heterocycles. The number of nitrogens with zero attached hydrogens (tertiary/aromatic N) is 4. The summed E-state index contributed by atoms with van der Waals surface area (Å²) in [7, 11) is 1.81. The zero-order valence-corrected chi connectivity index (χ0v) is 16.6. The molecule has 2 aliphatic carbocycles. The smallest absolute Gasteiger partial charge is 0.179 e. The number of fused-ring (bicyclic) bond motifs is 2. The second-order valence-electron chi connectivity index (χ2n) is 7.81. The number of aryl methyl sites for hydroxylation is 1. The standard InChI is InChI=1S/C22H30N4O/c1-4-15(2)14-18(23-3)21-24-17-9-5-8-16(17)22(25-21)26-12-7-13-27-20-11-6-10-19(20)26/h4,14,19-20H,1,5-13H2,2-3H3/b15-14-,23-18?. The van der Waals surface area contributed by atoms with Crippen molar-refractivity contribution in [3.63, 3.8) is 0 Å². The van der Waals surface area contributed by atoms with Crippen LogP contribution in [0.15, 0.2) is 29.3 Å². The molecule has 3 aliphatic rings. The Hall–Kier alpha value is -2.01. The van der Waals surface area contributed by atoms with Crippen molar-refractivity contribution in [2.24, 2.45) is 4.99 Å². The molecule has 2 atom stereocenters. The fourth-order valence-corrected chi connectivity index (χ4v) is 4.62. The maximum atomic E-state index is 6.13. The van der Waals surface area contributed by atoms with E-state index in [-0.39, 0.29) is 0 Å². The molecule has 2 unspecified atom stereocenters. The third-order valence-electron chi connectivity index (χ3n) is 6.03. The predicted octanol–water partition coefficient (Wildman–Crippen LogP) is 3.66. The summed E-state index contributed by atoms with van der Waals surface area (Å²) in [5, 5.41) is 0. The minimum absolute atomic E-state index is 0.352. The van der Waals surface area contributed by atoms with Crippen molar-refractivity contribution in [3.8, 4) is 0 Å². The van der Waals surface area contributed by atoms with Crippen LogP contribution in [0.4, 0.5) is 5.82 Å². The fraction of sp³-hybridized carbons (Fsp3) is 0.591. The summed E-state index contributed by atoms with van der Waals surface area (Å²) < 4.78 is 6.13. The van der Waals surface area contributed by atoms with Crippen LogP contribution in [0.25, 0.3) is 0 Å². The van der Waals surface area contributed by atoms with E-state index < -0.39 is 0 Å². The molecule has 0 spiro atoms. The van der Waals surface area contributed by atoms with Crippen molar-refractivity contribution in [1.29, 1.82) is 0 Å². The molecule has 0 N–H and O–H groups in total. The Bertz CT molecular complexity index is 783. The topological polar surface area (TPSA) is 50.6 Å². The van der Waals surface area contributed by atoms with Gasteiger partial charge in [0.2, 0.25) is 0 Å². The molecule has 1 aliphatic heterocycles. The Morgan fingerprint density at radius 2 is 2.11 bits per heavy atom. The maximum absolute atomic E-state index is 6.13. The Morgan fingerprint density at radius 1 is 1.22 bits per heavy atom. The van der Waals surface area contributed by atoms with Crippen LogP contribution >= 0.6 is 0 Å². The van der Waals surface area contributed by atoms with E-state index in [4.69, 9.17) is 14.7 Å². The van der Waals surface area contributed by atoms with E-state index in [0.717, 1.165) is 55.3 Å². The van der Waals surface area contributed by atoms with Gasteiger partial charge in [-0.25, -0.2) is 9.97 Å². The normalized spacial score (nSPS) is 25.9. The second kappa shape index (κ2) is 7.93. The van der Waals surface area contributed by atoms with Crippen LogP contribution in [0.3, 0.4) is 0 Å². The van der Waals surface area contributed by atoms with Gasteiger partial charge in [-0.2, -0.15) is 0 Å². The molecule has 0 aromatic carbocycles. The molecular weight excluding hydrogens is 336 g/mol. The Labute approximate surface area is 162 Å². The van der Waals surface area contributed by atoms with Gasteiger partial charge in [0.25, 0.3) is 0 Å². The summed E-state index contributed by atoms with van der Waals surface area (Å²) >= 11 is 0. The lowest BCUT2D eigenvalue weighted by Gasteiger charge is -2.32. The third-order valence-corrected chi connectivity index (χ3v) is 6.03. The summed E-state index contributed by atoms with van der Waals surface area (Å²) in [5.41, 5.74) is 4.46. The summed E-state index contributed by atoms with van der Waals surface area (Å²) in [4.78, 5) is 17.0. The van der Waals surface area contributed by atoms with Crippen LogP contribution in [0.2, 0.25) is 0 Å². The van der Waals surface area contributed by atoms with Gasteiger partial charge >= 0.3 is 0 Å². The van der Waals surface area contributed by atoms with Crippen LogP contribution in [-0.4, -0.2) is 48.0 Å². The summed E-state index contributed by atoms with van der Waals surface area (Å²) in [6, 6.07) is 0.451. The third kappa shape index (κ3) is 3.57. The largest absolute Gasteiger partial charge is 0.376 e. The average molecular weight is 367 g/mol. The monoisotopic (exact) mass is 366 g/mol. The van der Waals surface area contributed by atoms with Crippen molar-refractivity contribution >= 4 is 11.5 Å². The van der Waals surface area contributed by atoms with Gasteiger partial charge in [-0.1, -0.05) is 12.7 Å². The lowest BCUT2D eigenvalue weighted by molar-refractivity contribution is 0.0590. The zero-order valence-electron chi connectivity index (χ0n) is 16.6. The highest BCUT2D eigenvalue weighted by Gasteiger charge is 2.37. The zero-order chi connectivity index (χ0) is 18.8. The lowest BCUT2D eigenvalue weighted by Crippen LogP contribution is -2.41. The Balaban J connectivity index is 1.78.